The van der Waals surface area contributed by atoms with Gasteiger partial charge in [0, 0.05) is 19.0 Å². The van der Waals surface area contributed by atoms with Crippen LogP contribution in [0.2, 0.25) is 0 Å². The van der Waals surface area contributed by atoms with Gasteiger partial charge in [0.1, 0.15) is 12.6 Å². The van der Waals surface area contributed by atoms with Gasteiger partial charge in [0.2, 0.25) is 11.8 Å². The van der Waals surface area contributed by atoms with Crippen molar-refractivity contribution in [3.63, 3.8) is 0 Å². The number of nitrogens with zero attached hydrogens (tertiary/aromatic N) is 2. The van der Waals surface area contributed by atoms with Crippen molar-refractivity contribution in [2.45, 2.75) is 63.6 Å². The molecular weight excluding hydrogens is 570 g/mol. The summed E-state index contributed by atoms with van der Waals surface area (Å²) in [4.78, 5) is 29.8. The van der Waals surface area contributed by atoms with Gasteiger partial charge in [-0.25, -0.2) is 8.42 Å². The Labute approximate surface area is 261 Å². The van der Waals surface area contributed by atoms with Crippen molar-refractivity contribution in [1.82, 2.24) is 10.2 Å². The number of carbonyl (C=O) groups is 2. The van der Waals surface area contributed by atoms with Gasteiger partial charge in [-0.1, -0.05) is 105 Å². The monoisotopic (exact) mass is 611 g/mol. The van der Waals surface area contributed by atoms with Crippen LogP contribution >= 0.6 is 0 Å². The van der Waals surface area contributed by atoms with Crippen LogP contribution in [0.15, 0.2) is 120 Å². The number of anilines is 1. The second-order valence-corrected chi connectivity index (χ2v) is 13.3. The lowest BCUT2D eigenvalue weighted by atomic mass is 10.0. The molecule has 7 nitrogen and oxygen atoms in total. The molecule has 0 fully saturated rings. The zero-order valence-electron chi connectivity index (χ0n) is 25.8. The van der Waals surface area contributed by atoms with Gasteiger partial charge in [-0.15, -0.1) is 0 Å². The van der Waals surface area contributed by atoms with E-state index >= 15 is 0 Å². The van der Waals surface area contributed by atoms with Gasteiger partial charge in [0.05, 0.1) is 10.6 Å². The minimum Gasteiger partial charge on any atom is -0.352 e. The summed E-state index contributed by atoms with van der Waals surface area (Å²) < 4.78 is 29.3. The van der Waals surface area contributed by atoms with Crippen LogP contribution in [0.1, 0.15) is 50.3 Å². The maximum atomic E-state index is 14.4. The second kappa shape index (κ2) is 14.8. The number of hydrogen-bond donors (Lipinski definition) is 1. The van der Waals surface area contributed by atoms with E-state index in [0.29, 0.717) is 5.69 Å². The Morgan fingerprint density at radius 2 is 1.23 bits per heavy atom. The number of nitrogens with one attached hydrogen (secondary N) is 1. The number of carbonyl (C=O) groups excluding carboxylic acids is 2. The molecule has 0 spiro atoms. The first-order valence-electron chi connectivity index (χ1n) is 14.9. The molecule has 0 radical (unpaired) electrons. The van der Waals surface area contributed by atoms with Crippen molar-refractivity contribution in [2.75, 3.05) is 10.8 Å². The maximum Gasteiger partial charge on any atom is 0.264 e. The molecule has 230 valence electrons. The van der Waals surface area contributed by atoms with Gasteiger partial charge in [-0.2, -0.15) is 0 Å². The third-order valence-corrected chi connectivity index (χ3v) is 9.14. The molecule has 44 heavy (non-hydrogen) atoms. The van der Waals surface area contributed by atoms with Crippen molar-refractivity contribution in [1.29, 1.82) is 0 Å². The molecule has 0 aliphatic carbocycles. The molecule has 4 rings (SSSR count). The molecule has 4 aromatic rings. The van der Waals surface area contributed by atoms with Crippen LogP contribution in [-0.2, 0) is 32.6 Å². The van der Waals surface area contributed by atoms with E-state index in [1.54, 1.807) is 30.3 Å². The van der Waals surface area contributed by atoms with Crippen LogP contribution in [0.25, 0.3) is 0 Å². The lowest BCUT2D eigenvalue weighted by Gasteiger charge is -2.34. The van der Waals surface area contributed by atoms with Gasteiger partial charge in [-0.05, 0) is 60.7 Å². The highest BCUT2D eigenvalue weighted by molar-refractivity contribution is 7.92. The van der Waals surface area contributed by atoms with Crippen LogP contribution < -0.4 is 9.62 Å². The van der Waals surface area contributed by atoms with Crippen molar-refractivity contribution in [3.05, 3.63) is 132 Å². The first-order chi connectivity index (χ1) is 21.1. The second-order valence-electron chi connectivity index (χ2n) is 11.4. The average Bonchev–Trinajstić information content (AvgIpc) is 3.02. The van der Waals surface area contributed by atoms with E-state index in [2.05, 4.69) is 19.2 Å². The molecule has 4 aromatic carbocycles. The molecule has 0 aliphatic rings. The van der Waals surface area contributed by atoms with Gasteiger partial charge >= 0.3 is 0 Å². The van der Waals surface area contributed by atoms with E-state index in [4.69, 9.17) is 0 Å². The fraction of sp³-hybridized carbons (Fsp3) is 0.278. The zero-order chi connectivity index (χ0) is 31.7. The number of amides is 2. The average molecular weight is 612 g/mol. The fourth-order valence-electron chi connectivity index (χ4n) is 4.99. The Kier molecular flexibility index (Phi) is 11.0. The summed E-state index contributed by atoms with van der Waals surface area (Å²) in [5.74, 6) is -0.530. The Hall–Kier alpha value is -4.43. The molecule has 1 unspecified atom stereocenters. The van der Waals surface area contributed by atoms with E-state index in [9.17, 15) is 18.0 Å². The third kappa shape index (κ3) is 8.35. The number of benzene rings is 4. The first-order valence-corrected chi connectivity index (χ1v) is 16.4. The largest absolute Gasteiger partial charge is 0.352 e. The smallest absolute Gasteiger partial charge is 0.264 e. The number of sulfonamides is 1. The third-order valence-electron chi connectivity index (χ3n) is 7.36. The molecule has 1 atom stereocenters. The zero-order valence-corrected chi connectivity index (χ0v) is 26.6. The summed E-state index contributed by atoms with van der Waals surface area (Å²) in [6, 6.07) is 33.3. The standard InChI is InChI=1S/C36H41N3O4S/c1-27(2)31-20-22-32(23-21-31)39(44(42,43)33-18-12-7-13-19-33)26-35(40)38(25-30-16-10-6-11-17-30)34(36(41)37-28(3)4)24-29-14-8-5-9-15-29/h5-23,27-28,34H,24-26H2,1-4H3,(H,37,41). The summed E-state index contributed by atoms with van der Waals surface area (Å²) in [6.07, 6.45) is 0.270. The Morgan fingerprint density at radius 1 is 0.705 bits per heavy atom. The van der Waals surface area contributed by atoms with E-state index < -0.39 is 28.5 Å². The molecule has 0 saturated carbocycles. The number of hydrogen-bond acceptors (Lipinski definition) is 4. The minimum absolute atomic E-state index is 0.0775. The molecule has 1 N–H and O–H groups in total. The molecule has 0 saturated heterocycles. The molecule has 2 amide bonds. The number of rotatable bonds is 13. The molecule has 0 aromatic heterocycles. The Morgan fingerprint density at radius 3 is 1.75 bits per heavy atom. The van der Waals surface area contributed by atoms with Gasteiger partial charge < -0.3 is 10.2 Å². The van der Waals surface area contributed by atoms with Crippen molar-refractivity contribution in [2.24, 2.45) is 0 Å². The van der Waals surface area contributed by atoms with Crippen molar-refractivity contribution < 1.29 is 18.0 Å². The molecule has 0 aliphatic heterocycles. The topological polar surface area (TPSA) is 86.8 Å². The molecule has 0 heterocycles. The van der Waals surface area contributed by atoms with Crippen molar-refractivity contribution >= 4 is 27.5 Å². The fourth-order valence-corrected chi connectivity index (χ4v) is 6.42. The van der Waals surface area contributed by atoms with E-state index in [0.717, 1.165) is 21.0 Å². The van der Waals surface area contributed by atoms with Crippen LogP contribution in [0.4, 0.5) is 5.69 Å². The highest BCUT2D eigenvalue weighted by Crippen LogP contribution is 2.27. The van der Waals surface area contributed by atoms with Crippen LogP contribution in [0.3, 0.4) is 0 Å². The summed E-state index contributed by atoms with van der Waals surface area (Å²) in [7, 11) is -4.13. The van der Waals surface area contributed by atoms with Gasteiger partial charge in [-0.3, -0.25) is 13.9 Å². The lowest BCUT2D eigenvalue weighted by molar-refractivity contribution is -0.140. The van der Waals surface area contributed by atoms with E-state index in [1.165, 1.54) is 17.0 Å². The molecular formula is C36H41N3O4S. The lowest BCUT2D eigenvalue weighted by Crippen LogP contribution is -2.54. The summed E-state index contributed by atoms with van der Waals surface area (Å²) in [5.41, 5.74) is 3.14. The highest BCUT2D eigenvalue weighted by atomic mass is 32.2. The van der Waals surface area contributed by atoms with Crippen LogP contribution in [-0.4, -0.2) is 43.8 Å². The maximum absolute atomic E-state index is 14.4. The summed E-state index contributed by atoms with van der Waals surface area (Å²) >= 11 is 0. The predicted molar refractivity (Wildman–Crippen MR) is 176 cm³/mol. The Balaban J connectivity index is 1.79. The van der Waals surface area contributed by atoms with E-state index in [1.807, 2.05) is 86.6 Å². The van der Waals surface area contributed by atoms with Crippen molar-refractivity contribution in [3.8, 4) is 0 Å². The quantitative estimate of drug-likeness (QED) is 0.196. The summed E-state index contributed by atoms with van der Waals surface area (Å²) in [6.45, 7) is 7.52. The normalized spacial score (nSPS) is 12.1. The van der Waals surface area contributed by atoms with Gasteiger partial charge in [0.25, 0.3) is 10.0 Å². The minimum atomic E-state index is -4.13. The van der Waals surface area contributed by atoms with Gasteiger partial charge in [0.15, 0.2) is 0 Å². The Bertz CT molecular complexity index is 1610. The predicted octanol–water partition coefficient (Wildman–Crippen LogP) is 6.17. The summed E-state index contributed by atoms with van der Waals surface area (Å²) in [5, 5.41) is 2.98. The SMILES string of the molecule is CC(C)NC(=O)C(Cc1ccccc1)N(Cc1ccccc1)C(=O)CN(c1ccc(C(C)C)cc1)S(=O)(=O)c1ccccc1. The van der Waals surface area contributed by atoms with Crippen LogP contribution in [0.5, 0.6) is 0 Å². The molecule has 0 bridgehead atoms. The van der Waals surface area contributed by atoms with E-state index in [-0.39, 0.29) is 35.7 Å². The highest BCUT2D eigenvalue weighted by Gasteiger charge is 2.34. The first kappa shape index (κ1) is 32.5. The van der Waals surface area contributed by atoms with Crippen LogP contribution in [0, 0.1) is 0 Å². The molecule has 8 heteroatoms.